The number of rotatable bonds is 4. The summed E-state index contributed by atoms with van der Waals surface area (Å²) in [5.74, 6) is -0.233. The Kier molecular flexibility index (Phi) is 6.07. The third kappa shape index (κ3) is 5.71. The Labute approximate surface area is 171 Å². The van der Waals surface area contributed by atoms with Gasteiger partial charge in [0.05, 0.1) is 6.07 Å². The number of nitrogens with one attached hydrogen (secondary N) is 1. The molecule has 0 fully saturated rings. The molecule has 2 aromatic carbocycles. The van der Waals surface area contributed by atoms with Crippen LogP contribution in [-0.2, 0) is 24.1 Å². The molecular formula is C23H26FN3O2. The van der Waals surface area contributed by atoms with Crippen molar-refractivity contribution in [3.63, 3.8) is 0 Å². The van der Waals surface area contributed by atoms with Crippen molar-refractivity contribution in [3.8, 4) is 6.07 Å². The van der Waals surface area contributed by atoms with Crippen LogP contribution in [0.25, 0.3) is 0 Å². The van der Waals surface area contributed by atoms with Gasteiger partial charge in [0.25, 0.3) is 0 Å². The fourth-order valence-electron chi connectivity index (χ4n) is 3.42. The van der Waals surface area contributed by atoms with Gasteiger partial charge in [-0.3, -0.25) is 0 Å². The SMILES string of the molecule is CC(C)(C)OC(=O)N[C@H](C#N)Cc1ccc2c(c1)CCN(c1ccc(F)cc1)C2. The summed E-state index contributed by atoms with van der Waals surface area (Å²) in [6, 6.07) is 14.2. The molecule has 3 rings (SSSR count). The summed E-state index contributed by atoms with van der Waals surface area (Å²) in [6.07, 6.45) is 0.707. The minimum absolute atomic E-state index is 0.233. The first-order valence-electron chi connectivity index (χ1n) is 9.74. The highest BCUT2D eigenvalue weighted by atomic mass is 19.1. The topological polar surface area (TPSA) is 65.4 Å². The molecule has 1 amide bonds. The lowest BCUT2D eigenvalue weighted by Gasteiger charge is -2.31. The maximum atomic E-state index is 13.2. The standard InChI is InChI=1S/C23H26FN3O2/c1-23(2,3)29-22(28)26-20(14-25)13-16-4-5-18-15-27(11-10-17(18)12-16)21-8-6-19(24)7-9-21/h4-9,12,20H,10-11,13,15H2,1-3H3,(H,26,28)/t20-/m0/s1. The second kappa shape index (κ2) is 8.52. The van der Waals surface area contributed by atoms with Gasteiger partial charge in [-0.05, 0) is 68.1 Å². The first kappa shape index (κ1) is 20.7. The molecule has 0 unspecified atom stereocenters. The van der Waals surface area contributed by atoms with Gasteiger partial charge in [0.15, 0.2) is 0 Å². The van der Waals surface area contributed by atoms with Gasteiger partial charge < -0.3 is 15.0 Å². The maximum absolute atomic E-state index is 13.2. The van der Waals surface area contributed by atoms with E-state index in [1.807, 2.05) is 6.07 Å². The van der Waals surface area contributed by atoms with E-state index >= 15 is 0 Å². The Morgan fingerprint density at radius 2 is 1.97 bits per heavy atom. The average Bonchev–Trinajstić information content (AvgIpc) is 2.66. The van der Waals surface area contributed by atoms with Gasteiger partial charge in [0.2, 0.25) is 0 Å². The number of benzene rings is 2. The largest absolute Gasteiger partial charge is 0.444 e. The monoisotopic (exact) mass is 395 g/mol. The van der Waals surface area contributed by atoms with E-state index in [9.17, 15) is 14.4 Å². The van der Waals surface area contributed by atoms with Crippen molar-refractivity contribution in [2.24, 2.45) is 0 Å². The second-order valence-corrected chi connectivity index (χ2v) is 8.28. The van der Waals surface area contributed by atoms with Crippen LogP contribution in [-0.4, -0.2) is 24.3 Å². The summed E-state index contributed by atoms with van der Waals surface area (Å²) in [4.78, 5) is 14.2. The van der Waals surface area contributed by atoms with E-state index in [0.717, 1.165) is 30.8 Å². The third-order valence-electron chi connectivity index (χ3n) is 4.76. The normalized spacial score (nSPS) is 14.5. The molecule has 6 heteroatoms. The molecule has 0 saturated heterocycles. The second-order valence-electron chi connectivity index (χ2n) is 8.28. The smallest absolute Gasteiger partial charge is 0.408 e. The molecule has 0 spiro atoms. The van der Waals surface area contributed by atoms with Gasteiger partial charge in [-0.15, -0.1) is 0 Å². The fourth-order valence-corrected chi connectivity index (χ4v) is 3.42. The number of carbonyl (C=O) groups excluding carboxylic acids is 1. The highest BCUT2D eigenvalue weighted by Gasteiger charge is 2.21. The van der Waals surface area contributed by atoms with Gasteiger partial charge in [-0.25, -0.2) is 9.18 Å². The Morgan fingerprint density at radius 3 is 2.62 bits per heavy atom. The van der Waals surface area contributed by atoms with Crippen LogP contribution < -0.4 is 10.2 Å². The zero-order chi connectivity index (χ0) is 21.0. The van der Waals surface area contributed by atoms with Crippen LogP contribution in [0.2, 0.25) is 0 Å². The highest BCUT2D eigenvalue weighted by Crippen LogP contribution is 2.26. The molecule has 2 aromatic rings. The number of carbonyl (C=O) groups is 1. The van der Waals surface area contributed by atoms with Crippen LogP contribution in [0.15, 0.2) is 42.5 Å². The van der Waals surface area contributed by atoms with Gasteiger partial charge in [-0.2, -0.15) is 5.26 Å². The summed E-state index contributed by atoms with van der Waals surface area (Å²) in [7, 11) is 0. The molecule has 1 atom stereocenters. The van der Waals surface area contributed by atoms with Crippen molar-refractivity contribution in [2.75, 3.05) is 11.4 Å². The number of alkyl carbamates (subject to hydrolysis) is 1. The highest BCUT2D eigenvalue weighted by molar-refractivity contribution is 5.68. The van der Waals surface area contributed by atoms with Crippen LogP contribution in [0.5, 0.6) is 0 Å². The Balaban J connectivity index is 1.64. The van der Waals surface area contributed by atoms with E-state index in [1.54, 1.807) is 32.9 Å². The zero-order valence-corrected chi connectivity index (χ0v) is 17.0. The van der Waals surface area contributed by atoms with Crippen LogP contribution in [0.3, 0.4) is 0 Å². The van der Waals surface area contributed by atoms with Crippen LogP contribution in [0.1, 0.15) is 37.5 Å². The quantitative estimate of drug-likeness (QED) is 0.836. The number of fused-ring (bicyclic) bond motifs is 1. The lowest BCUT2D eigenvalue weighted by Crippen LogP contribution is -2.39. The average molecular weight is 395 g/mol. The number of halogens is 1. The molecule has 0 radical (unpaired) electrons. The van der Waals surface area contributed by atoms with Crippen LogP contribution in [0.4, 0.5) is 14.9 Å². The van der Waals surface area contributed by atoms with Gasteiger partial charge in [-0.1, -0.05) is 18.2 Å². The summed E-state index contributed by atoms with van der Waals surface area (Å²) < 4.78 is 18.4. The van der Waals surface area contributed by atoms with Crippen molar-refractivity contribution in [3.05, 3.63) is 65.0 Å². The minimum Gasteiger partial charge on any atom is -0.444 e. The first-order chi connectivity index (χ1) is 13.7. The number of anilines is 1. The van der Waals surface area contributed by atoms with Gasteiger partial charge in [0, 0.05) is 25.2 Å². The van der Waals surface area contributed by atoms with Crippen molar-refractivity contribution in [2.45, 2.75) is 51.8 Å². The molecule has 29 heavy (non-hydrogen) atoms. The van der Waals surface area contributed by atoms with Crippen molar-refractivity contribution in [1.82, 2.24) is 5.32 Å². The fraction of sp³-hybridized carbons (Fsp3) is 0.391. The molecular weight excluding hydrogens is 369 g/mol. The van der Waals surface area contributed by atoms with E-state index in [2.05, 4.69) is 28.4 Å². The minimum atomic E-state index is -0.651. The van der Waals surface area contributed by atoms with E-state index in [-0.39, 0.29) is 5.82 Å². The number of nitrogens with zero attached hydrogens (tertiary/aromatic N) is 2. The van der Waals surface area contributed by atoms with E-state index in [0.29, 0.717) is 6.42 Å². The van der Waals surface area contributed by atoms with Crippen molar-refractivity contribution < 1.29 is 13.9 Å². The summed E-state index contributed by atoms with van der Waals surface area (Å²) in [5, 5.41) is 12.0. The van der Waals surface area contributed by atoms with E-state index in [1.165, 1.54) is 23.3 Å². The molecule has 152 valence electrons. The molecule has 1 aliphatic rings. The third-order valence-corrected chi connectivity index (χ3v) is 4.76. The van der Waals surface area contributed by atoms with Gasteiger partial charge in [0.1, 0.15) is 17.5 Å². The Morgan fingerprint density at radius 1 is 1.24 bits per heavy atom. The molecule has 0 bridgehead atoms. The maximum Gasteiger partial charge on any atom is 0.408 e. The predicted molar refractivity (Wildman–Crippen MR) is 110 cm³/mol. The number of hydrogen-bond donors (Lipinski definition) is 1. The first-order valence-corrected chi connectivity index (χ1v) is 9.74. The summed E-state index contributed by atoms with van der Waals surface area (Å²) >= 11 is 0. The molecule has 1 aliphatic heterocycles. The molecule has 0 aliphatic carbocycles. The lowest BCUT2D eigenvalue weighted by atomic mass is 9.94. The molecule has 0 aromatic heterocycles. The van der Waals surface area contributed by atoms with Gasteiger partial charge >= 0.3 is 6.09 Å². The Hall–Kier alpha value is -3.07. The van der Waals surface area contributed by atoms with Crippen LogP contribution >= 0.6 is 0 Å². The van der Waals surface area contributed by atoms with Crippen LogP contribution in [0, 0.1) is 17.1 Å². The zero-order valence-electron chi connectivity index (χ0n) is 17.0. The molecule has 0 saturated carbocycles. The summed E-state index contributed by atoms with van der Waals surface area (Å²) in [6.45, 7) is 6.96. The predicted octanol–water partition coefficient (Wildman–Crippen LogP) is 4.35. The molecule has 1 N–H and O–H groups in total. The van der Waals surface area contributed by atoms with E-state index < -0.39 is 17.7 Å². The summed E-state index contributed by atoms with van der Waals surface area (Å²) in [5.41, 5.74) is 3.87. The Bertz CT molecular complexity index is 913. The number of amides is 1. The van der Waals surface area contributed by atoms with Crippen molar-refractivity contribution >= 4 is 11.8 Å². The van der Waals surface area contributed by atoms with Crippen molar-refractivity contribution in [1.29, 1.82) is 5.26 Å². The number of nitriles is 1. The number of ether oxygens (including phenoxy) is 1. The molecule has 5 nitrogen and oxygen atoms in total. The number of hydrogen-bond acceptors (Lipinski definition) is 4. The molecule has 1 heterocycles. The van der Waals surface area contributed by atoms with E-state index in [4.69, 9.17) is 4.74 Å². The lowest BCUT2D eigenvalue weighted by molar-refractivity contribution is 0.0516.